The van der Waals surface area contributed by atoms with E-state index >= 15 is 0 Å². The van der Waals surface area contributed by atoms with Gasteiger partial charge in [-0.3, -0.25) is 4.79 Å². The Morgan fingerprint density at radius 1 is 1.36 bits per heavy atom. The van der Waals surface area contributed by atoms with Crippen molar-refractivity contribution in [2.45, 2.75) is 46.6 Å². The van der Waals surface area contributed by atoms with Crippen LogP contribution in [0.25, 0.3) is 0 Å². The fraction of sp³-hybridized carbons (Fsp3) is 0.579. The van der Waals surface area contributed by atoms with Crippen molar-refractivity contribution < 1.29 is 19.1 Å². The summed E-state index contributed by atoms with van der Waals surface area (Å²) in [5.74, 6) is 6.10. The van der Waals surface area contributed by atoms with Crippen molar-refractivity contribution in [2.75, 3.05) is 19.0 Å². The lowest BCUT2D eigenvalue weighted by atomic mass is 9.81. The fourth-order valence-corrected chi connectivity index (χ4v) is 3.39. The lowest BCUT2D eigenvalue weighted by Gasteiger charge is -2.35. The van der Waals surface area contributed by atoms with Crippen LogP contribution in [0.15, 0.2) is 6.07 Å². The highest BCUT2D eigenvalue weighted by atomic mass is 32.1. The highest BCUT2D eigenvalue weighted by molar-refractivity contribution is 7.15. The van der Waals surface area contributed by atoms with E-state index in [9.17, 15) is 9.59 Å². The molecule has 0 atom stereocenters. The van der Waals surface area contributed by atoms with E-state index in [4.69, 9.17) is 9.47 Å². The van der Waals surface area contributed by atoms with Gasteiger partial charge < -0.3 is 14.8 Å². The molecular weight excluding hydrogens is 338 g/mol. The van der Waals surface area contributed by atoms with Crippen molar-refractivity contribution in [3.63, 3.8) is 0 Å². The molecule has 0 aromatic carbocycles. The van der Waals surface area contributed by atoms with Crippen LogP contribution in [0, 0.1) is 23.2 Å². The SMILES string of the molecule is COC(=O)c1sc(C#CC(C)(C)C)cc1NC1CC(COC(C)=O)C1. The summed E-state index contributed by atoms with van der Waals surface area (Å²) in [5, 5.41) is 3.40. The van der Waals surface area contributed by atoms with Gasteiger partial charge in [-0.1, -0.05) is 11.8 Å². The molecule has 0 bridgehead atoms. The van der Waals surface area contributed by atoms with Gasteiger partial charge >= 0.3 is 11.9 Å². The molecule has 25 heavy (non-hydrogen) atoms. The smallest absolute Gasteiger partial charge is 0.350 e. The normalized spacial score (nSPS) is 19.2. The second kappa shape index (κ2) is 7.92. The predicted molar refractivity (Wildman–Crippen MR) is 98.8 cm³/mol. The van der Waals surface area contributed by atoms with E-state index in [1.807, 2.05) is 26.8 Å². The number of nitrogens with one attached hydrogen (secondary N) is 1. The molecule has 6 heteroatoms. The Morgan fingerprint density at radius 2 is 2.04 bits per heavy atom. The van der Waals surface area contributed by atoms with Crippen molar-refractivity contribution in [2.24, 2.45) is 11.3 Å². The third-order valence-corrected chi connectivity index (χ3v) is 4.81. The van der Waals surface area contributed by atoms with Crippen LogP contribution in [-0.2, 0) is 14.3 Å². The first-order valence-electron chi connectivity index (χ1n) is 8.33. The molecular formula is C19H25NO4S. The number of rotatable bonds is 5. The first-order valence-corrected chi connectivity index (χ1v) is 9.15. The summed E-state index contributed by atoms with van der Waals surface area (Å²) in [5.41, 5.74) is 0.673. The van der Waals surface area contributed by atoms with Gasteiger partial charge in [-0.2, -0.15) is 0 Å². The van der Waals surface area contributed by atoms with E-state index in [1.54, 1.807) is 0 Å². The second-order valence-electron chi connectivity index (χ2n) is 7.33. The quantitative estimate of drug-likeness (QED) is 0.638. The second-order valence-corrected chi connectivity index (χ2v) is 8.38. The summed E-state index contributed by atoms with van der Waals surface area (Å²) in [4.78, 5) is 24.3. The number of carbonyl (C=O) groups is 2. The zero-order valence-corrected chi connectivity index (χ0v) is 16.2. The van der Waals surface area contributed by atoms with Crippen LogP contribution in [0.1, 0.15) is 55.1 Å². The molecule has 0 spiro atoms. The molecule has 1 aromatic rings. The van der Waals surface area contributed by atoms with E-state index in [0.29, 0.717) is 17.4 Å². The fourth-order valence-electron chi connectivity index (χ4n) is 2.50. The maximum atomic E-state index is 12.0. The molecule has 0 saturated heterocycles. The Kier molecular flexibility index (Phi) is 6.12. The Bertz CT molecular complexity index is 699. The predicted octanol–water partition coefficient (Wildman–Crippen LogP) is 3.69. The summed E-state index contributed by atoms with van der Waals surface area (Å²) < 4.78 is 9.92. The van der Waals surface area contributed by atoms with Crippen LogP contribution in [-0.4, -0.2) is 31.7 Å². The largest absolute Gasteiger partial charge is 0.466 e. The van der Waals surface area contributed by atoms with Gasteiger partial charge in [-0.05, 0) is 45.6 Å². The number of hydrogen-bond acceptors (Lipinski definition) is 6. The minimum Gasteiger partial charge on any atom is -0.466 e. The standard InChI is InChI=1S/C19H25NO4S/c1-12(21)24-11-13-8-14(9-13)20-16-10-15(6-7-19(2,3)4)25-17(16)18(22)23-5/h10,13-14,20H,8-9,11H2,1-5H3. The Morgan fingerprint density at radius 3 is 2.60 bits per heavy atom. The van der Waals surface area contributed by atoms with Crippen molar-refractivity contribution in [3.05, 3.63) is 15.8 Å². The lowest BCUT2D eigenvalue weighted by Crippen LogP contribution is -2.38. The molecule has 136 valence electrons. The molecule has 1 aromatic heterocycles. The third kappa shape index (κ3) is 5.79. The molecule has 1 fully saturated rings. The Hall–Kier alpha value is -2.00. The van der Waals surface area contributed by atoms with Gasteiger partial charge in [0.15, 0.2) is 0 Å². The zero-order valence-electron chi connectivity index (χ0n) is 15.4. The molecule has 2 rings (SSSR count). The summed E-state index contributed by atoms with van der Waals surface area (Å²) in [6, 6.07) is 2.18. The van der Waals surface area contributed by atoms with Gasteiger partial charge in [0.1, 0.15) is 4.88 Å². The average molecular weight is 363 g/mol. The van der Waals surface area contributed by atoms with Gasteiger partial charge in [0, 0.05) is 18.4 Å². The van der Waals surface area contributed by atoms with Gasteiger partial charge in [0.2, 0.25) is 0 Å². The van der Waals surface area contributed by atoms with Gasteiger partial charge in [-0.25, -0.2) is 4.79 Å². The summed E-state index contributed by atoms with van der Waals surface area (Å²) in [7, 11) is 1.38. The molecule has 0 unspecified atom stereocenters. The van der Waals surface area contributed by atoms with E-state index in [1.165, 1.54) is 25.4 Å². The Labute approximate surface area is 153 Å². The summed E-state index contributed by atoms with van der Waals surface area (Å²) in [6.45, 7) is 8.02. The summed E-state index contributed by atoms with van der Waals surface area (Å²) in [6.07, 6.45) is 1.82. The number of thiophene rings is 1. The van der Waals surface area contributed by atoms with Crippen LogP contribution >= 0.6 is 11.3 Å². The number of hydrogen-bond donors (Lipinski definition) is 1. The number of carbonyl (C=O) groups excluding carboxylic acids is 2. The van der Waals surface area contributed by atoms with Crippen molar-refractivity contribution >= 4 is 29.0 Å². The van der Waals surface area contributed by atoms with Crippen molar-refractivity contribution in [1.29, 1.82) is 0 Å². The highest BCUT2D eigenvalue weighted by Gasteiger charge is 2.31. The molecule has 1 aliphatic rings. The highest BCUT2D eigenvalue weighted by Crippen LogP contribution is 2.34. The molecule has 5 nitrogen and oxygen atoms in total. The third-order valence-electron chi connectivity index (χ3n) is 3.78. The molecule has 1 saturated carbocycles. The van der Waals surface area contributed by atoms with E-state index < -0.39 is 0 Å². The van der Waals surface area contributed by atoms with E-state index in [0.717, 1.165) is 23.4 Å². The first kappa shape index (κ1) is 19.3. The molecule has 1 N–H and O–H groups in total. The number of methoxy groups -OCH3 is 1. The summed E-state index contributed by atoms with van der Waals surface area (Å²) >= 11 is 1.34. The van der Waals surface area contributed by atoms with Gasteiger partial charge in [-0.15, -0.1) is 11.3 Å². The minimum absolute atomic E-state index is 0.0963. The van der Waals surface area contributed by atoms with Gasteiger partial charge in [0.05, 0.1) is 24.3 Å². The number of ether oxygens (including phenoxy) is 2. The molecule has 0 amide bonds. The van der Waals surface area contributed by atoms with Crippen LogP contribution in [0.2, 0.25) is 0 Å². The molecule has 0 radical (unpaired) electrons. The number of anilines is 1. The molecule has 1 aliphatic carbocycles. The topological polar surface area (TPSA) is 64.6 Å². The maximum Gasteiger partial charge on any atom is 0.350 e. The Balaban J connectivity index is 2.04. The molecule has 1 heterocycles. The first-order chi connectivity index (χ1) is 11.7. The zero-order chi connectivity index (χ0) is 18.6. The van der Waals surface area contributed by atoms with Crippen molar-refractivity contribution in [3.8, 4) is 11.8 Å². The average Bonchev–Trinajstić information content (AvgIpc) is 2.88. The van der Waals surface area contributed by atoms with E-state index in [-0.39, 0.29) is 23.4 Å². The van der Waals surface area contributed by atoms with Crippen LogP contribution in [0.5, 0.6) is 0 Å². The van der Waals surface area contributed by atoms with Crippen LogP contribution < -0.4 is 5.32 Å². The van der Waals surface area contributed by atoms with Crippen LogP contribution in [0.3, 0.4) is 0 Å². The maximum absolute atomic E-state index is 12.0. The van der Waals surface area contributed by atoms with E-state index in [2.05, 4.69) is 17.2 Å². The molecule has 0 aliphatic heterocycles. The van der Waals surface area contributed by atoms with Crippen molar-refractivity contribution in [1.82, 2.24) is 0 Å². The number of esters is 2. The lowest BCUT2D eigenvalue weighted by molar-refractivity contribution is -0.143. The van der Waals surface area contributed by atoms with Gasteiger partial charge in [0.25, 0.3) is 0 Å². The monoisotopic (exact) mass is 363 g/mol. The van der Waals surface area contributed by atoms with Crippen LogP contribution in [0.4, 0.5) is 5.69 Å². The minimum atomic E-state index is -0.355.